The van der Waals surface area contributed by atoms with Crippen LogP contribution in [0.25, 0.3) is 0 Å². The van der Waals surface area contributed by atoms with Crippen molar-refractivity contribution in [2.24, 2.45) is 0 Å². The molecule has 0 aliphatic heterocycles. The van der Waals surface area contributed by atoms with Gasteiger partial charge in [0.15, 0.2) is 0 Å². The van der Waals surface area contributed by atoms with Crippen LogP contribution in [-0.4, -0.2) is 13.0 Å². The Bertz CT molecular complexity index is 599. The first-order chi connectivity index (χ1) is 9.61. The molecule has 0 saturated heterocycles. The molecule has 1 N–H and O–H groups in total. The maximum absolute atomic E-state index is 12.2. The van der Waals surface area contributed by atoms with Gasteiger partial charge in [0.2, 0.25) is 5.91 Å². The topological polar surface area (TPSA) is 38.3 Å². The lowest BCUT2D eigenvalue weighted by Crippen LogP contribution is -2.17. The van der Waals surface area contributed by atoms with E-state index in [2.05, 4.69) is 5.32 Å². The van der Waals surface area contributed by atoms with Gasteiger partial charge < -0.3 is 10.1 Å². The highest BCUT2D eigenvalue weighted by Crippen LogP contribution is 2.28. The third kappa shape index (κ3) is 3.31. The van der Waals surface area contributed by atoms with Gasteiger partial charge in [-0.2, -0.15) is 0 Å². The van der Waals surface area contributed by atoms with E-state index in [-0.39, 0.29) is 5.91 Å². The van der Waals surface area contributed by atoms with Crippen molar-refractivity contribution in [1.29, 1.82) is 0 Å². The predicted molar refractivity (Wildman–Crippen MR) is 81.4 cm³/mol. The van der Waals surface area contributed by atoms with E-state index in [1.54, 1.807) is 7.11 Å². The van der Waals surface area contributed by atoms with Gasteiger partial charge in [0.25, 0.3) is 0 Å². The van der Waals surface area contributed by atoms with Crippen molar-refractivity contribution in [3.8, 4) is 5.75 Å². The fraction of sp³-hybridized carbons (Fsp3) is 0.188. The molecule has 104 valence electrons. The molecule has 1 amide bonds. The number of ether oxygens (including phenoxy) is 1. The fourth-order valence-electron chi connectivity index (χ4n) is 1.89. The summed E-state index contributed by atoms with van der Waals surface area (Å²) in [7, 11) is 1.57. The van der Waals surface area contributed by atoms with E-state index in [9.17, 15) is 4.79 Å². The van der Waals surface area contributed by atoms with Gasteiger partial charge in [0, 0.05) is 0 Å². The molecule has 2 aromatic rings. The zero-order chi connectivity index (χ0) is 14.5. The normalized spacial score (nSPS) is 11.8. The van der Waals surface area contributed by atoms with E-state index < -0.39 is 5.38 Å². The second kappa shape index (κ2) is 6.44. The number of carbonyl (C=O) groups excluding carboxylic acids is 1. The van der Waals surface area contributed by atoms with Gasteiger partial charge in [-0.25, -0.2) is 0 Å². The SMILES string of the molecule is COc1ccc(C)cc1NC(=O)C(Cl)c1ccccc1. The highest BCUT2D eigenvalue weighted by atomic mass is 35.5. The molecule has 2 aromatic carbocycles. The van der Waals surface area contributed by atoms with Crippen LogP contribution in [-0.2, 0) is 4.79 Å². The number of alkyl halides is 1. The monoisotopic (exact) mass is 289 g/mol. The fourth-order valence-corrected chi connectivity index (χ4v) is 2.09. The summed E-state index contributed by atoms with van der Waals surface area (Å²) in [5.41, 5.74) is 2.42. The second-order valence-corrected chi connectivity index (χ2v) is 4.90. The first-order valence-corrected chi connectivity index (χ1v) is 6.70. The van der Waals surface area contributed by atoms with Gasteiger partial charge in [-0.1, -0.05) is 36.4 Å². The molecule has 0 saturated carbocycles. The molecule has 0 heterocycles. The molecule has 0 aliphatic rings. The molecule has 0 aromatic heterocycles. The van der Waals surface area contributed by atoms with Crippen molar-refractivity contribution in [2.75, 3.05) is 12.4 Å². The van der Waals surface area contributed by atoms with E-state index in [4.69, 9.17) is 16.3 Å². The van der Waals surface area contributed by atoms with Crippen molar-refractivity contribution in [3.05, 3.63) is 59.7 Å². The Morgan fingerprint density at radius 3 is 2.55 bits per heavy atom. The largest absolute Gasteiger partial charge is 0.495 e. The van der Waals surface area contributed by atoms with Crippen molar-refractivity contribution in [2.45, 2.75) is 12.3 Å². The first-order valence-electron chi connectivity index (χ1n) is 6.26. The number of rotatable bonds is 4. The van der Waals surface area contributed by atoms with Crippen LogP contribution in [0.4, 0.5) is 5.69 Å². The molecule has 3 nitrogen and oxygen atoms in total. The third-order valence-corrected chi connectivity index (χ3v) is 3.39. The second-order valence-electron chi connectivity index (χ2n) is 4.47. The number of nitrogens with one attached hydrogen (secondary N) is 1. The summed E-state index contributed by atoms with van der Waals surface area (Å²) < 4.78 is 5.23. The molecule has 4 heteroatoms. The number of hydrogen-bond acceptors (Lipinski definition) is 2. The molecule has 1 unspecified atom stereocenters. The molecular formula is C16H16ClNO2. The van der Waals surface area contributed by atoms with Crippen LogP contribution in [0, 0.1) is 6.92 Å². The van der Waals surface area contributed by atoms with Gasteiger partial charge in [0.1, 0.15) is 11.1 Å². The number of halogens is 1. The summed E-state index contributed by atoms with van der Waals surface area (Å²) in [6.07, 6.45) is 0. The Hall–Kier alpha value is -2.00. The highest BCUT2D eigenvalue weighted by molar-refractivity contribution is 6.32. The zero-order valence-electron chi connectivity index (χ0n) is 11.4. The van der Waals surface area contributed by atoms with Crippen LogP contribution in [0.3, 0.4) is 0 Å². The molecule has 0 fully saturated rings. The Kier molecular flexibility index (Phi) is 4.64. The third-order valence-electron chi connectivity index (χ3n) is 2.94. The van der Waals surface area contributed by atoms with Crippen molar-refractivity contribution in [3.63, 3.8) is 0 Å². The lowest BCUT2D eigenvalue weighted by molar-refractivity contribution is -0.116. The molecule has 0 bridgehead atoms. The van der Waals surface area contributed by atoms with E-state index in [1.807, 2.05) is 55.5 Å². The standard InChI is InChI=1S/C16H16ClNO2/c1-11-8-9-14(20-2)13(10-11)18-16(19)15(17)12-6-4-3-5-7-12/h3-10,15H,1-2H3,(H,18,19). The average Bonchev–Trinajstić information content (AvgIpc) is 2.47. The van der Waals surface area contributed by atoms with Gasteiger partial charge in [-0.05, 0) is 30.2 Å². The summed E-state index contributed by atoms with van der Waals surface area (Å²) in [6.45, 7) is 1.95. The zero-order valence-corrected chi connectivity index (χ0v) is 12.1. The number of anilines is 1. The molecule has 1 atom stereocenters. The molecule has 20 heavy (non-hydrogen) atoms. The number of amides is 1. The van der Waals surface area contributed by atoms with Crippen molar-refractivity contribution < 1.29 is 9.53 Å². The van der Waals surface area contributed by atoms with E-state index >= 15 is 0 Å². The number of benzene rings is 2. The summed E-state index contributed by atoms with van der Waals surface area (Å²) in [5.74, 6) is 0.336. The minimum atomic E-state index is -0.735. The van der Waals surface area contributed by atoms with Gasteiger partial charge in [0.05, 0.1) is 12.8 Å². The Labute approximate surface area is 123 Å². The smallest absolute Gasteiger partial charge is 0.247 e. The summed E-state index contributed by atoms with van der Waals surface area (Å²) in [6, 6.07) is 14.8. The summed E-state index contributed by atoms with van der Waals surface area (Å²) in [5, 5.41) is 2.07. The van der Waals surface area contributed by atoms with Crippen LogP contribution >= 0.6 is 11.6 Å². The quantitative estimate of drug-likeness (QED) is 0.866. The number of hydrogen-bond donors (Lipinski definition) is 1. The first kappa shape index (κ1) is 14.4. The molecular weight excluding hydrogens is 274 g/mol. The van der Waals surface area contributed by atoms with E-state index in [0.29, 0.717) is 11.4 Å². The molecule has 0 spiro atoms. The summed E-state index contributed by atoms with van der Waals surface area (Å²) in [4.78, 5) is 12.2. The highest BCUT2D eigenvalue weighted by Gasteiger charge is 2.18. The van der Waals surface area contributed by atoms with Gasteiger partial charge in [-0.15, -0.1) is 11.6 Å². The minimum Gasteiger partial charge on any atom is -0.495 e. The predicted octanol–water partition coefficient (Wildman–Crippen LogP) is 3.92. The van der Waals surface area contributed by atoms with Crippen molar-refractivity contribution in [1.82, 2.24) is 0 Å². The maximum Gasteiger partial charge on any atom is 0.247 e. The Balaban J connectivity index is 2.18. The van der Waals surface area contributed by atoms with E-state index in [1.165, 1.54) is 0 Å². The molecule has 0 aliphatic carbocycles. The van der Waals surface area contributed by atoms with Gasteiger partial charge >= 0.3 is 0 Å². The molecule has 2 rings (SSSR count). The van der Waals surface area contributed by atoms with Crippen LogP contribution < -0.4 is 10.1 Å². The van der Waals surface area contributed by atoms with Gasteiger partial charge in [-0.3, -0.25) is 4.79 Å². The maximum atomic E-state index is 12.2. The minimum absolute atomic E-state index is 0.276. The Morgan fingerprint density at radius 1 is 1.20 bits per heavy atom. The van der Waals surface area contributed by atoms with Crippen LogP contribution in [0.2, 0.25) is 0 Å². The van der Waals surface area contributed by atoms with E-state index in [0.717, 1.165) is 11.1 Å². The van der Waals surface area contributed by atoms with Crippen LogP contribution in [0.15, 0.2) is 48.5 Å². The Morgan fingerprint density at radius 2 is 1.90 bits per heavy atom. The molecule has 0 radical (unpaired) electrons. The van der Waals surface area contributed by atoms with Crippen LogP contribution in [0.1, 0.15) is 16.5 Å². The number of aryl methyl sites for hydroxylation is 1. The van der Waals surface area contributed by atoms with Crippen molar-refractivity contribution >= 4 is 23.2 Å². The van der Waals surface area contributed by atoms with Crippen LogP contribution in [0.5, 0.6) is 5.75 Å². The summed E-state index contributed by atoms with van der Waals surface area (Å²) >= 11 is 6.19. The lowest BCUT2D eigenvalue weighted by atomic mass is 10.1. The lowest BCUT2D eigenvalue weighted by Gasteiger charge is -2.14. The number of methoxy groups -OCH3 is 1. The number of carbonyl (C=O) groups is 1. The average molecular weight is 290 g/mol.